The molecule has 20 heavy (non-hydrogen) atoms. The first-order chi connectivity index (χ1) is 9.74. The van der Waals surface area contributed by atoms with E-state index in [1.165, 1.54) is 0 Å². The summed E-state index contributed by atoms with van der Waals surface area (Å²) in [7, 11) is 1.65. The average molecular weight is 278 g/mol. The second-order valence-corrected chi connectivity index (χ2v) is 5.15. The van der Waals surface area contributed by atoms with E-state index in [-0.39, 0.29) is 18.2 Å². The monoisotopic (exact) mass is 278 g/mol. The zero-order chi connectivity index (χ0) is 14.3. The lowest BCUT2D eigenvalue weighted by molar-refractivity contribution is 0.0710. The second kappa shape index (κ2) is 7.26. The minimum absolute atomic E-state index is 0.286. The molecule has 1 aliphatic heterocycles. The zero-order valence-electron chi connectivity index (χ0n) is 11.9. The van der Waals surface area contributed by atoms with E-state index in [0.717, 1.165) is 31.5 Å². The summed E-state index contributed by atoms with van der Waals surface area (Å²) in [6, 6.07) is 9.66. The molecule has 1 aliphatic rings. The molecule has 0 atom stereocenters. The summed E-state index contributed by atoms with van der Waals surface area (Å²) in [6.07, 6.45) is 1.32. The van der Waals surface area contributed by atoms with Gasteiger partial charge in [0.05, 0.1) is 12.1 Å². The largest absolute Gasteiger partial charge is 0.445 e. The molecule has 1 heterocycles. The molecule has 0 spiro atoms. The quantitative estimate of drug-likeness (QED) is 0.860. The Kier molecular flexibility index (Phi) is 5.38. The number of methoxy groups -OCH3 is 1. The molecule has 0 bridgehead atoms. The Hall–Kier alpha value is -1.59. The van der Waals surface area contributed by atoms with Crippen molar-refractivity contribution in [2.24, 2.45) is 0 Å². The fraction of sp³-hybridized carbons (Fsp3) is 0.533. The van der Waals surface area contributed by atoms with Gasteiger partial charge in [-0.2, -0.15) is 0 Å². The van der Waals surface area contributed by atoms with E-state index < -0.39 is 0 Å². The highest BCUT2D eigenvalue weighted by molar-refractivity contribution is 5.68. The lowest BCUT2D eigenvalue weighted by atomic mass is 9.89. The van der Waals surface area contributed by atoms with Crippen molar-refractivity contribution in [1.82, 2.24) is 10.6 Å². The number of benzene rings is 1. The molecular formula is C15H22N2O3. The molecule has 0 unspecified atom stereocenters. The van der Waals surface area contributed by atoms with Gasteiger partial charge in [-0.3, -0.25) is 0 Å². The number of alkyl carbamates (subject to hydrolysis) is 1. The number of nitrogens with one attached hydrogen (secondary N) is 2. The molecule has 0 aliphatic carbocycles. The van der Waals surface area contributed by atoms with E-state index >= 15 is 0 Å². The van der Waals surface area contributed by atoms with Crippen molar-refractivity contribution >= 4 is 6.09 Å². The first kappa shape index (κ1) is 14.8. The van der Waals surface area contributed by atoms with Crippen LogP contribution in [0, 0.1) is 0 Å². The minimum atomic E-state index is -0.382. The number of rotatable bonds is 5. The van der Waals surface area contributed by atoms with Gasteiger partial charge in [0.15, 0.2) is 0 Å². The van der Waals surface area contributed by atoms with Gasteiger partial charge in [-0.1, -0.05) is 30.3 Å². The third-order valence-electron chi connectivity index (χ3n) is 3.56. The zero-order valence-corrected chi connectivity index (χ0v) is 11.9. The maximum absolute atomic E-state index is 12.0. The Morgan fingerprint density at radius 1 is 1.30 bits per heavy atom. The van der Waals surface area contributed by atoms with Crippen LogP contribution in [0.15, 0.2) is 30.3 Å². The van der Waals surface area contributed by atoms with E-state index in [1.807, 2.05) is 30.3 Å². The van der Waals surface area contributed by atoms with Crippen LogP contribution in [0.5, 0.6) is 0 Å². The Morgan fingerprint density at radius 2 is 2.00 bits per heavy atom. The smallest absolute Gasteiger partial charge is 0.407 e. The molecule has 1 aromatic rings. The van der Waals surface area contributed by atoms with Crippen LogP contribution in [0.4, 0.5) is 4.79 Å². The predicted octanol–water partition coefficient (Wildman–Crippen LogP) is 1.68. The third-order valence-corrected chi connectivity index (χ3v) is 3.56. The first-order valence-corrected chi connectivity index (χ1v) is 6.93. The van der Waals surface area contributed by atoms with Crippen LogP contribution in [0.3, 0.4) is 0 Å². The Balaban J connectivity index is 1.85. The van der Waals surface area contributed by atoms with Crippen LogP contribution in [0.25, 0.3) is 0 Å². The highest BCUT2D eigenvalue weighted by atomic mass is 16.5. The number of carbonyl (C=O) groups excluding carboxylic acids is 1. The normalized spacial score (nSPS) is 17.4. The summed E-state index contributed by atoms with van der Waals surface area (Å²) in [5.41, 5.74) is 0.669. The molecule has 0 saturated carbocycles. The Labute approximate surface area is 119 Å². The molecule has 0 radical (unpaired) electrons. The van der Waals surface area contributed by atoms with Gasteiger partial charge >= 0.3 is 6.09 Å². The van der Waals surface area contributed by atoms with Crippen molar-refractivity contribution in [2.75, 3.05) is 26.8 Å². The highest BCUT2D eigenvalue weighted by Crippen LogP contribution is 2.19. The molecular weight excluding hydrogens is 256 g/mol. The van der Waals surface area contributed by atoms with E-state index in [9.17, 15) is 4.79 Å². The molecule has 1 saturated heterocycles. The molecule has 5 heteroatoms. The maximum atomic E-state index is 12.0. The van der Waals surface area contributed by atoms with Crippen LogP contribution in [-0.2, 0) is 16.1 Å². The Morgan fingerprint density at radius 3 is 2.65 bits per heavy atom. The summed E-state index contributed by atoms with van der Waals surface area (Å²) in [4.78, 5) is 12.0. The molecule has 110 valence electrons. The lowest BCUT2D eigenvalue weighted by Gasteiger charge is -2.37. The van der Waals surface area contributed by atoms with Crippen molar-refractivity contribution in [2.45, 2.75) is 25.0 Å². The van der Waals surface area contributed by atoms with Crippen LogP contribution in [-0.4, -0.2) is 38.4 Å². The van der Waals surface area contributed by atoms with E-state index in [1.54, 1.807) is 7.11 Å². The van der Waals surface area contributed by atoms with Crippen LogP contribution in [0.1, 0.15) is 18.4 Å². The SMILES string of the molecule is COCC1(NC(=O)OCc2ccccc2)CCNCC1. The van der Waals surface area contributed by atoms with E-state index in [0.29, 0.717) is 6.61 Å². The molecule has 5 nitrogen and oxygen atoms in total. The topological polar surface area (TPSA) is 59.6 Å². The number of ether oxygens (including phenoxy) is 2. The number of hydrogen-bond acceptors (Lipinski definition) is 4. The van der Waals surface area contributed by atoms with Crippen molar-refractivity contribution in [3.63, 3.8) is 0 Å². The fourth-order valence-electron chi connectivity index (χ4n) is 2.46. The number of hydrogen-bond donors (Lipinski definition) is 2. The molecule has 0 aromatic heterocycles. The van der Waals surface area contributed by atoms with Crippen LogP contribution < -0.4 is 10.6 Å². The number of amides is 1. The summed E-state index contributed by atoms with van der Waals surface area (Å²) in [5.74, 6) is 0. The van der Waals surface area contributed by atoms with Gasteiger partial charge in [-0.25, -0.2) is 4.79 Å². The van der Waals surface area contributed by atoms with Crippen molar-refractivity contribution in [3.8, 4) is 0 Å². The van der Waals surface area contributed by atoms with E-state index in [4.69, 9.17) is 9.47 Å². The molecule has 1 amide bonds. The lowest BCUT2D eigenvalue weighted by Crippen LogP contribution is -2.57. The standard InChI is InChI=1S/C15H22N2O3/c1-19-12-15(7-9-16-10-8-15)17-14(18)20-11-13-5-3-2-4-6-13/h2-6,16H,7-12H2,1H3,(H,17,18). The van der Waals surface area contributed by atoms with Gasteiger partial charge in [0.25, 0.3) is 0 Å². The maximum Gasteiger partial charge on any atom is 0.407 e. The van der Waals surface area contributed by atoms with E-state index in [2.05, 4.69) is 10.6 Å². The van der Waals surface area contributed by atoms with Gasteiger partial charge in [0.1, 0.15) is 6.61 Å². The fourth-order valence-corrected chi connectivity index (χ4v) is 2.46. The summed E-state index contributed by atoms with van der Waals surface area (Å²) < 4.78 is 10.5. The number of piperidine rings is 1. The van der Waals surface area contributed by atoms with Gasteiger partial charge in [0.2, 0.25) is 0 Å². The van der Waals surface area contributed by atoms with Gasteiger partial charge in [0, 0.05) is 7.11 Å². The summed E-state index contributed by atoms with van der Waals surface area (Å²) >= 11 is 0. The average Bonchev–Trinajstić information content (AvgIpc) is 2.47. The molecule has 1 fully saturated rings. The second-order valence-electron chi connectivity index (χ2n) is 5.15. The van der Waals surface area contributed by atoms with Crippen LogP contribution in [0.2, 0.25) is 0 Å². The number of carbonyl (C=O) groups is 1. The summed E-state index contributed by atoms with van der Waals surface area (Å²) in [6.45, 7) is 2.55. The molecule has 2 N–H and O–H groups in total. The van der Waals surface area contributed by atoms with Gasteiger partial charge < -0.3 is 20.1 Å². The molecule has 1 aromatic carbocycles. The Bertz CT molecular complexity index is 411. The third kappa shape index (κ3) is 4.21. The van der Waals surface area contributed by atoms with Crippen molar-refractivity contribution < 1.29 is 14.3 Å². The molecule has 2 rings (SSSR count). The predicted molar refractivity (Wildman–Crippen MR) is 76.5 cm³/mol. The minimum Gasteiger partial charge on any atom is -0.445 e. The van der Waals surface area contributed by atoms with Gasteiger partial charge in [-0.15, -0.1) is 0 Å². The highest BCUT2D eigenvalue weighted by Gasteiger charge is 2.34. The first-order valence-electron chi connectivity index (χ1n) is 6.93. The van der Waals surface area contributed by atoms with Crippen molar-refractivity contribution in [1.29, 1.82) is 0 Å². The van der Waals surface area contributed by atoms with Crippen LogP contribution >= 0.6 is 0 Å². The van der Waals surface area contributed by atoms with Crippen molar-refractivity contribution in [3.05, 3.63) is 35.9 Å². The summed E-state index contributed by atoms with van der Waals surface area (Å²) in [5, 5.41) is 6.26. The van der Waals surface area contributed by atoms with Gasteiger partial charge in [-0.05, 0) is 31.5 Å².